The Kier molecular flexibility index (Phi) is 4.92. The largest absolute Gasteiger partial charge is 0.457 e. The maximum Gasteiger partial charge on any atom is 0.319 e. The van der Waals surface area contributed by atoms with E-state index >= 15 is 0 Å². The number of carbonyl (C=O) groups excluding carboxylic acids is 1. The first kappa shape index (κ1) is 15.3. The summed E-state index contributed by atoms with van der Waals surface area (Å²) in [6.45, 7) is 2.38. The van der Waals surface area contributed by atoms with Crippen LogP contribution >= 0.6 is 0 Å². The molecule has 0 bridgehead atoms. The lowest BCUT2D eigenvalue weighted by Crippen LogP contribution is -2.28. The molecule has 0 heterocycles. The number of nitrogens with one attached hydrogen (secondary N) is 2. The minimum Gasteiger partial charge on any atom is -0.457 e. The highest BCUT2D eigenvalue weighted by Crippen LogP contribution is 2.24. The van der Waals surface area contributed by atoms with Gasteiger partial charge in [0.25, 0.3) is 5.69 Å². The molecule has 0 fully saturated rings. The number of hydrogen-bond acceptors (Lipinski definition) is 4. The van der Waals surface area contributed by atoms with E-state index in [1.807, 2.05) is 6.92 Å². The third kappa shape index (κ3) is 4.20. The van der Waals surface area contributed by atoms with Crippen molar-refractivity contribution in [2.45, 2.75) is 6.92 Å². The van der Waals surface area contributed by atoms with E-state index in [-0.39, 0.29) is 11.7 Å². The number of nitro benzene ring substituents is 1. The molecule has 0 unspecified atom stereocenters. The van der Waals surface area contributed by atoms with E-state index in [1.54, 1.807) is 24.3 Å². The summed E-state index contributed by atoms with van der Waals surface area (Å²) >= 11 is 0. The lowest BCUT2D eigenvalue weighted by atomic mass is 10.3. The van der Waals surface area contributed by atoms with Gasteiger partial charge in [-0.15, -0.1) is 0 Å². The number of nitrogens with zero attached hydrogens (tertiary/aromatic N) is 1. The number of hydrogen-bond donors (Lipinski definition) is 2. The number of amides is 2. The van der Waals surface area contributed by atoms with Gasteiger partial charge in [-0.25, -0.2) is 4.79 Å². The maximum atomic E-state index is 11.4. The lowest BCUT2D eigenvalue weighted by molar-refractivity contribution is -0.384. The topological polar surface area (TPSA) is 93.5 Å². The first-order valence-corrected chi connectivity index (χ1v) is 6.65. The second-order valence-corrected chi connectivity index (χ2v) is 4.36. The number of carbonyl (C=O) groups is 1. The molecule has 0 atom stereocenters. The van der Waals surface area contributed by atoms with Crippen molar-refractivity contribution in [1.82, 2.24) is 5.32 Å². The van der Waals surface area contributed by atoms with Crippen LogP contribution in [0.5, 0.6) is 11.5 Å². The molecule has 0 saturated heterocycles. The van der Waals surface area contributed by atoms with E-state index in [0.29, 0.717) is 23.7 Å². The van der Waals surface area contributed by atoms with Gasteiger partial charge in [0.2, 0.25) is 0 Å². The molecule has 0 saturated carbocycles. The number of ether oxygens (including phenoxy) is 1. The summed E-state index contributed by atoms with van der Waals surface area (Å²) in [6, 6.07) is 12.3. The van der Waals surface area contributed by atoms with E-state index in [9.17, 15) is 14.9 Å². The van der Waals surface area contributed by atoms with Crippen LogP contribution in [0.15, 0.2) is 48.5 Å². The van der Waals surface area contributed by atoms with Gasteiger partial charge in [-0.1, -0.05) is 0 Å². The van der Waals surface area contributed by atoms with Gasteiger partial charge in [0.15, 0.2) is 0 Å². The molecule has 2 rings (SSSR count). The molecule has 114 valence electrons. The second-order valence-electron chi connectivity index (χ2n) is 4.36. The molecule has 7 heteroatoms. The van der Waals surface area contributed by atoms with E-state index in [2.05, 4.69) is 10.6 Å². The van der Waals surface area contributed by atoms with Crippen LogP contribution in [-0.2, 0) is 0 Å². The van der Waals surface area contributed by atoms with Crippen molar-refractivity contribution in [3.05, 3.63) is 58.6 Å². The molecule has 22 heavy (non-hydrogen) atoms. The van der Waals surface area contributed by atoms with Gasteiger partial charge in [0, 0.05) is 24.4 Å². The molecule has 2 aromatic carbocycles. The van der Waals surface area contributed by atoms with Crippen molar-refractivity contribution in [3.8, 4) is 11.5 Å². The van der Waals surface area contributed by atoms with Crippen LogP contribution in [0.25, 0.3) is 0 Å². The summed E-state index contributed by atoms with van der Waals surface area (Å²) in [5, 5.41) is 15.9. The summed E-state index contributed by atoms with van der Waals surface area (Å²) in [5.41, 5.74) is 0.649. The highest BCUT2D eigenvalue weighted by Gasteiger charge is 2.05. The standard InChI is InChI=1S/C15H15N3O4/c1-2-16-15(19)17-11-3-7-13(8-4-11)22-14-9-5-12(6-10-14)18(20)21/h3-10H,2H2,1H3,(H2,16,17,19). The number of urea groups is 1. The fourth-order valence-electron chi connectivity index (χ4n) is 1.71. The van der Waals surface area contributed by atoms with Crippen molar-refractivity contribution >= 4 is 17.4 Å². The van der Waals surface area contributed by atoms with E-state index in [1.165, 1.54) is 24.3 Å². The number of rotatable bonds is 5. The Labute approximate surface area is 127 Å². The Balaban J connectivity index is 1.98. The molecule has 0 aliphatic carbocycles. The molecule has 0 aromatic heterocycles. The highest BCUT2D eigenvalue weighted by molar-refractivity contribution is 5.89. The summed E-state index contributed by atoms with van der Waals surface area (Å²) in [5.74, 6) is 1.06. The van der Waals surface area contributed by atoms with E-state index in [0.717, 1.165) is 0 Å². The number of anilines is 1. The van der Waals surface area contributed by atoms with Crippen LogP contribution in [-0.4, -0.2) is 17.5 Å². The van der Waals surface area contributed by atoms with Gasteiger partial charge in [-0.3, -0.25) is 10.1 Å². The van der Waals surface area contributed by atoms with Crippen LogP contribution in [0, 0.1) is 10.1 Å². The van der Waals surface area contributed by atoms with Crippen LogP contribution < -0.4 is 15.4 Å². The minimum absolute atomic E-state index is 0.00818. The number of non-ortho nitro benzene ring substituents is 1. The Hall–Kier alpha value is -3.09. The summed E-state index contributed by atoms with van der Waals surface area (Å²) in [7, 11) is 0. The third-order valence-corrected chi connectivity index (χ3v) is 2.73. The van der Waals surface area contributed by atoms with Crippen LogP contribution in [0.1, 0.15) is 6.92 Å². The zero-order valence-corrected chi connectivity index (χ0v) is 11.9. The lowest BCUT2D eigenvalue weighted by Gasteiger charge is -2.08. The molecule has 0 aliphatic heterocycles. The fourth-order valence-corrected chi connectivity index (χ4v) is 1.71. The summed E-state index contributed by atoms with van der Waals surface area (Å²) in [6.07, 6.45) is 0. The number of benzene rings is 2. The van der Waals surface area contributed by atoms with Gasteiger partial charge in [0.1, 0.15) is 11.5 Å². The molecule has 0 aliphatic rings. The average Bonchev–Trinajstić information content (AvgIpc) is 2.50. The smallest absolute Gasteiger partial charge is 0.319 e. The Morgan fingerprint density at radius 1 is 1.09 bits per heavy atom. The van der Waals surface area contributed by atoms with Gasteiger partial charge >= 0.3 is 6.03 Å². The van der Waals surface area contributed by atoms with Gasteiger partial charge in [-0.05, 0) is 43.3 Å². The van der Waals surface area contributed by atoms with Gasteiger partial charge in [0.05, 0.1) is 4.92 Å². The average molecular weight is 301 g/mol. The molecular weight excluding hydrogens is 286 g/mol. The molecule has 0 spiro atoms. The van der Waals surface area contributed by atoms with Crippen molar-refractivity contribution in [1.29, 1.82) is 0 Å². The summed E-state index contributed by atoms with van der Waals surface area (Å²) < 4.78 is 5.57. The van der Waals surface area contributed by atoms with Crippen molar-refractivity contribution in [3.63, 3.8) is 0 Å². The molecule has 2 amide bonds. The molecule has 2 N–H and O–H groups in total. The normalized spacial score (nSPS) is 9.86. The maximum absolute atomic E-state index is 11.4. The zero-order chi connectivity index (χ0) is 15.9. The first-order chi connectivity index (χ1) is 10.6. The number of nitro groups is 1. The molecule has 0 radical (unpaired) electrons. The monoisotopic (exact) mass is 301 g/mol. The van der Waals surface area contributed by atoms with Gasteiger partial charge < -0.3 is 15.4 Å². The van der Waals surface area contributed by atoms with Crippen molar-refractivity contribution < 1.29 is 14.5 Å². The quantitative estimate of drug-likeness (QED) is 0.652. The van der Waals surface area contributed by atoms with Crippen molar-refractivity contribution in [2.75, 3.05) is 11.9 Å². The molecule has 7 nitrogen and oxygen atoms in total. The van der Waals surface area contributed by atoms with E-state index < -0.39 is 4.92 Å². The Morgan fingerprint density at radius 2 is 1.64 bits per heavy atom. The highest BCUT2D eigenvalue weighted by atomic mass is 16.6. The predicted octanol–water partition coefficient (Wildman–Crippen LogP) is 3.53. The minimum atomic E-state index is -0.467. The summed E-state index contributed by atoms with van der Waals surface area (Å²) in [4.78, 5) is 21.5. The van der Waals surface area contributed by atoms with Crippen molar-refractivity contribution in [2.24, 2.45) is 0 Å². The molecular formula is C15H15N3O4. The van der Waals surface area contributed by atoms with E-state index in [4.69, 9.17) is 4.74 Å². The van der Waals surface area contributed by atoms with Gasteiger partial charge in [-0.2, -0.15) is 0 Å². The second kappa shape index (κ2) is 7.07. The zero-order valence-electron chi connectivity index (χ0n) is 11.9. The third-order valence-electron chi connectivity index (χ3n) is 2.73. The predicted molar refractivity (Wildman–Crippen MR) is 82.3 cm³/mol. The van der Waals surface area contributed by atoms with Crippen LogP contribution in [0.2, 0.25) is 0 Å². The fraction of sp³-hybridized carbons (Fsp3) is 0.133. The van der Waals surface area contributed by atoms with Crippen LogP contribution in [0.4, 0.5) is 16.2 Å². The Bertz CT molecular complexity index is 653. The SMILES string of the molecule is CCNC(=O)Nc1ccc(Oc2ccc([N+](=O)[O-])cc2)cc1. The molecule has 2 aromatic rings. The first-order valence-electron chi connectivity index (χ1n) is 6.65. The Morgan fingerprint density at radius 3 is 2.14 bits per heavy atom. The van der Waals surface area contributed by atoms with Crippen LogP contribution in [0.3, 0.4) is 0 Å².